The molecule has 0 bridgehead atoms. The molecule has 0 amide bonds. The Morgan fingerprint density at radius 3 is 1.73 bits per heavy atom. The first-order valence-electron chi connectivity index (χ1n) is 5.12. The summed E-state index contributed by atoms with van der Waals surface area (Å²) in [5.41, 5.74) is 16.6. The lowest BCUT2D eigenvalue weighted by molar-refractivity contribution is 0.475. The number of benzene rings is 1. The molecule has 4 nitrogen and oxygen atoms in total. The van der Waals surface area contributed by atoms with Gasteiger partial charge in [0.15, 0.2) is 0 Å². The van der Waals surface area contributed by atoms with E-state index in [4.69, 9.17) is 22.3 Å². The van der Waals surface area contributed by atoms with E-state index in [2.05, 4.69) is 0 Å². The van der Waals surface area contributed by atoms with E-state index in [1.807, 2.05) is 12.1 Å². The molecule has 0 unspecified atom stereocenters. The van der Waals surface area contributed by atoms with E-state index in [9.17, 15) is 0 Å². The number of aromatic hydroxyl groups is 1. The Morgan fingerprint density at radius 1 is 0.867 bits per heavy atom. The molecule has 1 aromatic carbocycles. The van der Waals surface area contributed by atoms with Crippen LogP contribution in [0.4, 0.5) is 0 Å². The number of phenols is 1. The Balaban J connectivity index is 0.000000336. The van der Waals surface area contributed by atoms with Crippen LogP contribution < -0.4 is 17.2 Å². The van der Waals surface area contributed by atoms with Crippen LogP contribution in [0.5, 0.6) is 5.75 Å². The van der Waals surface area contributed by atoms with Gasteiger partial charge in [0.2, 0.25) is 0 Å². The van der Waals surface area contributed by atoms with Gasteiger partial charge in [-0.05, 0) is 50.2 Å². The second kappa shape index (κ2) is 9.45. The summed E-state index contributed by atoms with van der Waals surface area (Å²) < 4.78 is 0. The molecule has 0 spiro atoms. The van der Waals surface area contributed by atoms with E-state index < -0.39 is 0 Å². The van der Waals surface area contributed by atoms with Crippen LogP contribution in [0, 0.1) is 0 Å². The van der Waals surface area contributed by atoms with Gasteiger partial charge in [0.05, 0.1) is 0 Å². The summed E-state index contributed by atoms with van der Waals surface area (Å²) in [5, 5.41) is 8.89. The van der Waals surface area contributed by atoms with E-state index in [1.165, 1.54) is 5.56 Å². The van der Waals surface area contributed by atoms with E-state index >= 15 is 0 Å². The molecule has 0 aromatic heterocycles. The molecular weight excluding hydrogens is 190 g/mol. The van der Waals surface area contributed by atoms with Crippen molar-refractivity contribution in [3.8, 4) is 5.75 Å². The van der Waals surface area contributed by atoms with Crippen LogP contribution in [0.3, 0.4) is 0 Å². The Hall–Kier alpha value is -1.10. The van der Waals surface area contributed by atoms with Crippen molar-refractivity contribution in [3.05, 3.63) is 29.8 Å². The molecule has 0 aliphatic carbocycles. The van der Waals surface area contributed by atoms with Crippen molar-refractivity contribution >= 4 is 0 Å². The molecular formula is C11H21N3O. The molecule has 1 aromatic rings. The predicted molar refractivity (Wildman–Crippen MR) is 63.6 cm³/mol. The van der Waals surface area contributed by atoms with Crippen molar-refractivity contribution in [2.24, 2.45) is 17.2 Å². The monoisotopic (exact) mass is 211 g/mol. The minimum absolute atomic E-state index is 0.306. The third-order valence-electron chi connectivity index (χ3n) is 1.78. The van der Waals surface area contributed by atoms with Crippen LogP contribution >= 0.6 is 0 Å². The number of hydrogen-bond acceptors (Lipinski definition) is 4. The van der Waals surface area contributed by atoms with Crippen LogP contribution in [0.1, 0.15) is 12.0 Å². The van der Waals surface area contributed by atoms with Gasteiger partial charge in [-0.1, -0.05) is 12.1 Å². The summed E-state index contributed by atoms with van der Waals surface area (Å²) in [4.78, 5) is 0. The molecule has 0 aliphatic rings. The lowest BCUT2D eigenvalue weighted by atomic mass is 10.1. The van der Waals surface area contributed by atoms with E-state index in [0.717, 1.165) is 25.9 Å². The fourth-order valence-corrected chi connectivity index (χ4v) is 0.947. The molecule has 0 aliphatic heterocycles. The van der Waals surface area contributed by atoms with Crippen molar-refractivity contribution in [2.75, 3.05) is 19.6 Å². The van der Waals surface area contributed by atoms with Crippen LogP contribution in [0.2, 0.25) is 0 Å². The van der Waals surface area contributed by atoms with Gasteiger partial charge in [-0.2, -0.15) is 0 Å². The standard InChI is InChI=1S/C8H11NO.C3H10N2/c9-6-5-7-1-3-8(10)4-2-7;4-2-1-3-5/h1-4,10H,5-6,9H2;1-5H2. The molecule has 86 valence electrons. The smallest absolute Gasteiger partial charge is 0.115 e. The van der Waals surface area contributed by atoms with E-state index in [-0.39, 0.29) is 0 Å². The minimum Gasteiger partial charge on any atom is -0.508 e. The third kappa shape index (κ3) is 7.93. The van der Waals surface area contributed by atoms with Gasteiger partial charge < -0.3 is 22.3 Å². The summed E-state index contributed by atoms with van der Waals surface area (Å²) in [7, 11) is 0. The number of phenolic OH excluding ortho intramolecular Hbond substituents is 1. The molecule has 1 rings (SSSR count). The fourth-order valence-electron chi connectivity index (χ4n) is 0.947. The molecule has 7 N–H and O–H groups in total. The highest BCUT2D eigenvalue weighted by atomic mass is 16.3. The zero-order chi connectivity index (χ0) is 11.5. The molecule has 0 saturated heterocycles. The van der Waals surface area contributed by atoms with Crippen molar-refractivity contribution in [2.45, 2.75) is 12.8 Å². The first kappa shape index (κ1) is 13.9. The Kier molecular flexibility index (Phi) is 8.76. The van der Waals surface area contributed by atoms with Crippen molar-refractivity contribution < 1.29 is 5.11 Å². The lowest BCUT2D eigenvalue weighted by Gasteiger charge is -1.96. The number of nitrogens with two attached hydrogens (primary N) is 3. The number of hydrogen-bond donors (Lipinski definition) is 4. The van der Waals surface area contributed by atoms with Crippen molar-refractivity contribution in [1.82, 2.24) is 0 Å². The normalized spacial score (nSPS) is 9.27. The summed E-state index contributed by atoms with van der Waals surface area (Å²) in [6.07, 6.45) is 1.82. The van der Waals surface area contributed by atoms with Crippen molar-refractivity contribution in [1.29, 1.82) is 0 Å². The van der Waals surface area contributed by atoms with Gasteiger partial charge in [-0.25, -0.2) is 0 Å². The second-order valence-electron chi connectivity index (χ2n) is 3.14. The van der Waals surface area contributed by atoms with Gasteiger partial charge in [0, 0.05) is 0 Å². The van der Waals surface area contributed by atoms with E-state index in [1.54, 1.807) is 12.1 Å². The molecule has 4 heteroatoms. The highest BCUT2D eigenvalue weighted by Gasteiger charge is 1.89. The zero-order valence-corrected chi connectivity index (χ0v) is 9.02. The molecule has 0 heterocycles. The maximum atomic E-state index is 8.89. The van der Waals surface area contributed by atoms with E-state index in [0.29, 0.717) is 12.3 Å². The topological polar surface area (TPSA) is 98.3 Å². The SMILES string of the molecule is NCCCN.NCCc1ccc(O)cc1. The molecule has 0 saturated carbocycles. The van der Waals surface area contributed by atoms with Crippen LogP contribution in [0.15, 0.2) is 24.3 Å². The third-order valence-corrected chi connectivity index (χ3v) is 1.78. The highest BCUT2D eigenvalue weighted by Crippen LogP contribution is 2.09. The average Bonchev–Trinajstić information content (AvgIpc) is 2.24. The first-order chi connectivity index (χ1) is 7.24. The highest BCUT2D eigenvalue weighted by molar-refractivity contribution is 5.25. The van der Waals surface area contributed by atoms with Gasteiger partial charge in [-0.3, -0.25) is 0 Å². The van der Waals surface area contributed by atoms with Crippen LogP contribution in [-0.2, 0) is 6.42 Å². The van der Waals surface area contributed by atoms with Crippen molar-refractivity contribution in [3.63, 3.8) is 0 Å². The van der Waals surface area contributed by atoms with Crippen LogP contribution in [0.25, 0.3) is 0 Å². The lowest BCUT2D eigenvalue weighted by Crippen LogP contribution is -2.06. The quantitative estimate of drug-likeness (QED) is 0.571. The first-order valence-corrected chi connectivity index (χ1v) is 5.12. The Labute approximate surface area is 91.1 Å². The molecule has 15 heavy (non-hydrogen) atoms. The average molecular weight is 211 g/mol. The maximum Gasteiger partial charge on any atom is 0.115 e. The summed E-state index contributed by atoms with van der Waals surface area (Å²) in [6, 6.07) is 7.10. The number of rotatable bonds is 4. The summed E-state index contributed by atoms with van der Waals surface area (Å²) in [6.45, 7) is 2.10. The summed E-state index contributed by atoms with van der Waals surface area (Å²) in [5.74, 6) is 0.306. The van der Waals surface area contributed by atoms with Gasteiger partial charge >= 0.3 is 0 Å². The molecule has 0 fully saturated rings. The Morgan fingerprint density at radius 2 is 1.40 bits per heavy atom. The fraction of sp³-hybridized carbons (Fsp3) is 0.455. The molecule has 0 radical (unpaired) electrons. The van der Waals surface area contributed by atoms with Gasteiger partial charge in [0.1, 0.15) is 5.75 Å². The van der Waals surface area contributed by atoms with Crippen LogP contribution in [-0.4, -0.2) is 24.7 Å². The maximum absolute atomic E-state index is 8.89. The minimum atomic E-state index is 0.306. The summed E-state index contributed by atoms with van der Waals surface area (Å²) >= 11 is 0. The largest absolute Gasteiger partial charge is 0.508 e. The van der Waals surface area contributed by atoms with Gasteiger partial charge in [-0.15, -0.1) is 0 Å². The predicted octanol–water partition coefficient (Wildman–Crippen LogP) is 0.187. The van der Waals surface area contributed by atoms with Gasteiger partial charge in [0.25, 0.3) is 0 Å². The zero-order valence-electron chi connectivity index (χ0n) is 9.02. The Bertz CT molecular complexity index is 234. The molecule has 0 atom stereocenters. The second-order valence-corrected chi connectivity index (χ2v) is 3.14.